The molecule has 1 N–H and O–H groups in total. The molecule has 21 heavy (non-hydrogen) atoms. The molecule has 0 heterocycles. The minimum Gasteiger partial charge on any atom is -0.351 e. The number of amides is 1. The number of nitrogens with zero attached hydrogens (tertiary/aromatic N) is 1. The van der Waals surface area contributed by atoms with E-state index in [-0.39, 0.29) is 16.3 Å². The molecule has 1 saturated carbocycles. The second-order valence-corrected chi connectivity index (χ2v) is 6.26. The summed E-state index contributed by atoms with van der Waals surface area (Å²) in [7, 11) is 0. The topological polar surface area (TPSA) is 72.2 Å². The number of hydrogen-bond donors (Lipinski definition) is 1. The minimum atomic E-state index is -0.586. The van der Waals surface area contributed by atoms with E-state index in [0.29, 0.717) is 18.4 Å². The average molecular weight is 376 g/mol. The number of halogens is 2. The third-order valence-electron chi connectivity index (χ3n) is 3.95. The van der Waals surface area contributed by atoms with Gasteiger partial charge in [0, 0.05) is 17.9 Å². The minimum absolute atomic E-state index is 0.0578. The molecule has 1 aliphatic carbocycles. The van der Waals surface area contributed by atoms with Crippen molar-refractivity contribution < 1.29 is 9.72 Å². The van der Waals surface area contributed by atoms with Gasteiger partial charge in [0.1, 0.15) is 5.56 Å². The van der Waals surface area contributed by atoms with Crippen molar-refractivity contribution in [2.75, 3.05) is 11.9 Å². The quantitative estimate of drug-likeness (QED) is 0.483. The molecule has 1 aromatic rings. The molecule has 0 spiro atoms. The van der Waals surface area contributed by atoms with E-state index in [1.54, 1.807) is 0 Å². The summed E-state index contributed by atoms with van der Waals surface area (Å²) in [5.41, 5.74) is -0.319. The van der Waals surface area contributed by atoms with Gasteiger partial charge < -0.3 is 5.32 Å². The van der Waals surface area contributed by atoms with E-state index in [1.807, 2.05) is 0 Å². The van der Waals surface area contributed by atoms with Crippen LogP contribution in [-0.2, 0) is 0 Å². The van der Waals surface area contributed by atoms with E-state index in [2.05, 4.69) is 21.2 Å². The molecule has 0 aliphatic heterocycles. The Morgan fingerprint density at radius 1 is 1.43 bits per heavy atom. The predicted molar refractivity (Wildman–Crippen MR) is 85.1 cm³/mol. The molecule has 5 nitrogen and oxygen atoms in total. The van der Waals surface area contributed by atoms with Crippen LogP contribution in [0, 0.1) is 22.0 Å². The molecule has 1 aromatic carbocycles. The third kappa shape index (κ3) is 3.74. The first-order valence-corrected chi connectivity index (χ1v) is 8.31. The SMILES string of the molecule is O=C(NCC1CCCC1CBr)c1c(Cl)cccc1[N+](=O)[O-]. The fourth-order valence-corrected chi connectivity index (χ4v) is 3.90. The summed E-state index contributed by atoms with van der Waals surface area (Å²) in [5, 5.41) is 14.8. The zero-order valence-electron chi connectivity index (χ0n) is 11.4. The first-order chi connectivity index (χ1) is 10.0. The summed E-state index contributed by atoms with van der Waals surface area (Å²) < 4.78 is 0. The molecular weight excluding hydrogens is 360 g/mol. The summed E-state index contributed by atoms with van der Waals surface area (Å²) in [4.78, 5) is 22.6. The van der Waals surface area contributed by atoms with Crippen molar-refractivity contribution in [1.29, 1.82) is 0 Å². The van der Waals surface area contributed by atoms with Crippen LogP contribution in [-0.4, -0.2) is 22.7 Å². The lowest BCUT2D eigenvalue weighted by atomic mass is 9.98. The Bertz CT molecular complexity index is 553. The molecule has 2 atom stereocenters. The highest BCUT2D eigenvalue weighted by molar-refractivity contribution is 9.09. The number of nitrogens with one attached hydrogen (secondary N) is 1. The molecule has 7 heteroatoms. The van der Waals surface area contributed by atoms with Crippen LogP contribution in [0.2, 0.25) is 5.02 Å². The Hall–Kier alpha value is -1.14. The van der Waals surface area contributed by atoms with Crippen LogP contribution in [0.3, 0.4) is 0 Å². The second kappa shape index (κ2) is 7.22. The van der Waals surface area contributed by atoms with E-state index in [1.165, 1.54) is 18.2 Å². The molecule has 1 fully saturated rings. The number of nitro groups is 1. The van der Waals surface area contributed by atoms with Crippen LogP contribution < -0.4 is 5.32 Å². The number of benzene rings is 1. The lowest BCUT2D eigenvalue weighted by molar-refractivity contribution is -0.385. The smallest absolute Gasteiger partial charge is 0.283 e. The predicted octanol–water partition coefficient (Wildman–Crippen LogP) is 3.79. The van der Waals surface area contributed by atoms with Crippen molar-refractivity contribution in [2.24, 2.45) is 11.8 Å². The largest absolute Gasteiger partial charge is 0.351 e. The van der Waals surface area contributed by atoms with Crippen LogP contribution >= 0.6 is 27.5 Å². The molecule has 1 amide bonds. The van der Waals surface area contributed by atoms with Crippen LogP contribution in [0.1, 0.15) is 29.6 Å². The van der Waals surface area contributed by atoms with Crippen LogP contribution in [0.25, 0.3) is 0 Å². The van der Waals surface area contributed by atoms with E-state index in [0.717, 1.165) is 24.6 Å². The fourth-order valence-electron chi connectivity index (χ4n) is 2.79. The van der Waals surface area contributed by atoms with E-state index >= 15 is 0 Å². The van der Waals surface area contributed by atoms with Gasteiger partial charge in [-0.05, 0) is 30.7 Å². The van der Waals surface area contributed by atoms with E-state index < -0.39 is 10.8 Å². The lowest BCUT2D eigenvalue weighted by Crippen LogP contribution is -2.31. The van der Waals surface area contributed by atoms with Gasteiger partial charge in [-0.2, -0.15) is 0 Å². The lowest BCUT2D eigenvalue weighted by Gasteiger charge is -2.18. The Kier molecular flexibility index (Phi) is 5.58. The van der Waals surface area contributed by atoms with Crippen LogP contribution in [0.4, 0.5) is 5.69 Å². The second-order valence-electron chi connectivity index (χ2n) is 5.21. The van der Waals surface area contributed by atoms with E-state index in [4.69, 9.17) is 11.6 Å². The Morgan fingerprint density at radius 2 is 2.14 bits per heavy atom. The standard InChI is InChI=1S/C14H16BrClN2O3/c15-7-9-3-1-4-10(9)8-17-14(19)13-11(16)5-2-6-12(13)18(20)21/h2,5-6,9-10H,1,3-4,7-8H2,(H,17,19). The molecule has 0 aromatic heterocycles. The Balaban J connectivity index is 2.09. The number of carbonyl (C=O) groups excluding carboxylic acids is 1. The van der Waals surface area contributed by atoms with Crippen molar-refractivity contribution in [3.63, 3.8) is 0 Å². The maximum atomic E-state index is 12.2. The van der Waals surface area contributed by atoms with Gasteiger partial charge in [-0.25, -0.2) is 0 Å². The van der Waals surface area contributed by atoms with Gasteiger partial charge in [-0.15, -0.1) is 0 Å². The summed E-state index contributed by atoms with van der Waals surface area (Å²) in [5.74, 6) is 0.480. The van der Waals surface area contributed by atoms with Crippen LogP contribution in [0.15, 0.2) is 18.2 Å². The molecule has 0 radical (unpaired) electrons. The zero-order chi connectivity index (χ0) is 15.4. The summed E-state index contributed by atoms with van der Waals surface area (Å²) >= 11 is 9.43. The van der Waals surface area contributed by atoms with Crippen molar-refractivity contribution >= 4 is 39.1 Å². The maximum absolute atomic E-state index is 12.2. The summed E-state index contributed by atoms with van der Waals surface area (Å²) in [6.07, 6.45) is 3.38. The molecular formula is C14H16BrClN2O3. The molecule has 0 bridgehead atoms. The van der Waals surface area contributed by atoms with Gasteiger partial charge in [0.2, 0.25) is 0 Å². The first kappa shape index (κ1) is 16.2. The number of nitro benzene ring substituents is 1. The van der Waals surface area contributed by atoms with Crippen molar-refractivity contribution in [2.45, 2.75) is 19.3 Å². The Morgan fingerprint density at radius 3 is 2.81 bits per heavy atom. The number of rotatable bonds is 5. The molecule has 114 valence electrons. The van der Waals surface area contributed by atoms with Gasteiger partial charge in [-0.1, -0.05) is 40.0 Å². The van der Waals surface area contributed by atoms with Crippen molar-refractivity contribution in [3.8, 4) is 0 Å². The van der Waals surface area contributed by atoms with Crippen molar-refractivity contribution in [1.82, 2.24) is 5.32 Å². The highest BCUT2D eigenvalue weighted by atomic mass is 79.9. The summed E-state index contributed by atoms with van der Waals surface area (Å²) in [6, 6.07) is 4.24. The average Bonchev–Trinajstić information content (AvgIpc) is 2.91. The van der Waals surface area contributed by atoms with Gasteiger partial charge >= 0.3 is 0 Å². The molecule has 1 aliphatic rings. The van der Waals surface area contributed by atoms with Gasteiger partial charge in [0.25, 0.3) is 11.6 Å². The van der Waals surface area contributed by atoms with Gasteiger partial charge in [-0.3, -0.25) is 14.9 Å². The number of carbonyl (C=O) groups is 1. The van der Waals surface area contributed by atoms with Gasteiger partial charge in [0.05, 0.1) is 9.95 Å². The first-order valence-electron chi connectivity index (χ1n) is 6.81. The van der Waals surface area contributed by atoms with Crippen LogP contribution in [0.5, 0.6) is 0 Å². The zero-order valence-corrected chi connectivity index (χ0v) is 13.7. The van der Waals surface area contributed by atoms with Gasteiger partial charge in [0.15, 0.2) is 0 Å². The molecule has 2 unspecified atom stereocenters. The van der Waals surface area contributed by atoms with E-state index in [9.17, 15) is 14.9 Å². The van der Waals surface area contributed by atoms with Crippen molar-refractivity contribution in [3.05, 3.63) is 38.9 Å². The number of alkyl halides is 1. The maximum Gasteiger partial charge on any atom is 0.283 e. The summed E-state index contributed by atoms with van der Waals surface area (Å²) in [6.45, 7) is 0.525. The fraction of sp³-hybridized carbons (Fsp3) is 0.500. The Labute approximate surface area is 136 Å². The monoisotopic (exact) mass is 374 g/mol. The third-order valence-corrected chi connectivity index (χ3v) is 5.10. The molecule has 0 saturated heterocycles. The highest BCUT2D eigenvalue weighted by Gasteiger charge is 2.28. The highest BCUT2D eigenvalue weighted by Crippen LogP contribution is 2.33. The molecule has 2 rings (SSSR count). The number of hydrogen-bond acceptors (Lipinski definition) is 3. The normalized spacial score (nSPS) is 21.2.